The van der Waals surface area contributed by atoms with Gasteiger partial charge in [-0.15, -0.1) is 0 Å². The summed E-state index contributed by atoms with van der Waals surface area (Å²) < 4.78 is 4.57. The van der Waals surface area contributed by atoms with Gasteiger partial charge in [-0.3, -0.25) is 9.59 Å². The summed E-state index contributed by atoms with van der Waals surface area (Å²) >= 11 is 0. The van der Waals surface area contributed by atoms with Gasteiger partial charge in [-0.05, 0) is 13.8 Å². The van der Waals surface area contributed by atoms with Crippen molar-refractivity contribution < 1.29 is 24.2 Å². The number of amides is 2. The summed E-state index contributed by atoms with van der Waals surface area (Å²) in [5.41, 5.74) is 0. The molecule has 0 aromatic heterocycles. The lowest BCUT2D eigenvalue weighted by Crippen LogP contribution is -2.59. The van der Waals surface area contributed by atoms with Crippen molar-refractivity contribution in [2.24, 2.45) is 11.8 Å². The molecular formula is C13H22N2O5. The summed E-state index contributed by atoms with van der Waals surface area (Å²) in [6.45, 7) is 6.01. The summed E-state index contributed by atoms with van der Waals surface area (Å²) in [4.78, 5) is 37.4. The Labute approximate surface area is 118 Å². The number of aliphatic carboxylic acids is 1. The molecular weight excluding hydrogens is 264 g/mol. The number of likely N-dealkylation sites (tertiary alicyclic amines) is 1. The van der Waals surface area contributed by atoms with E-state index in [1.165, 1.54) is 12.0 Å². The van der Waals surface area contributed by atoms with Crippen LogP contribution in [0.1, 0.15) is 20.8 Å². The second-order valence-electron chi connectivity index (χ2n) is 5.37. The van der Waals surface area contributed by atoms with Gasteiger partial charge >= 0.3 is 18.0 Å². The van der Waals surface area contributed by atoms with E-state index in [1.807, 2.05) is 13.8 Å². The maximum absolute atomic E-state index is 12.3. The number of carboxylic acids is 1. The summed E-state index contributed by atoms with van der Waals surface area (Å²) in [5.74, 6) is -1.81. The standard InChI is InChI=1S/C13H22N2O5/c1-8(2)15(7-11(16)20-4)13(19)14-5-10(6-14)9(3)12(17)18/h8-10H,5-7H2,1-4H3,(H,17,18). The van der Waals surface area contributed by atoms with Crippen LogP contribution in [0.2, 0.25) is 0 Å². The maximum atomic E-state index is 12.3. The van der Waals surface area contributed by atoms with Crippen LogP contribution in [0.4, 0.5) is 4.79 Å². The number of methoxy groups -OCH3 is 1. The van der Waals surface area contributed by atoms with Crippen LogP contribution in [0.25, 0.3) is 0 Å². The molecule has 1 atom stereocenters. The molecule has 1 fully saturated rings. The van der Waals surface area contributed by atoms with E-state index < -0.39 is 17.9 Å². The average Bonchev–Trinajstić information content (AvgIpc) is 2.32. The highest BCUT2D eigenvalue weighted by Gasteiger charge is 2.39. The number of nitrogens with zero attached hydrogens (tertiary/aromatic N) is 2. The number of esters is 1. The molecule has 1 aliphatic rings. The Hall–Kier alpha value is -1.79. The van der Waals surface area contributed by atoms with Crippen molar-refractivity contribution in [1.82, 2.24) is 9.80 Å². The summed E-state index contributed by atoms with van der Waals surface area (Å²) in [6.07, 6.45) is 0. The second-order valence-corrected chi connectivity index (χ2v) is 5.37. The monoisotopic (exact) mass is 286 g/mol. The lowest BCUT2D eigenvalue weighted by molar-refractivity contribution is -0.145. The van der Waals surface area contributed by atoms with Crippen LogP contribution in [-0.2, 0) is 14.3 Å². The van der Waals surface area contributed by atoms with Crippen LogP contribution in [0.3, 0.4) is 0 Å². The van der Waals surface area contributed by atoms with Crippen LogP contribution in [0.15, 0.2) is 0 Å². The zero-order valence-corrected chi connectivity index (χ0v) is 12.3. The second kappa shape index (κ2) is 6.58. The average molecular weight is 286 g/mol. The molecule has 1 N–H and O–H groups in total. The zero-order chi connectivity index (χ0) is 15.4. The molecule has 1 rings (SSSR count). The minimum atomic E-state index is -0.850. The SMILES string of the molecule is COC(=O)CN(C(=O)N1CC(C(C)C(=O)O)C1)C(C)C. The molecule has 7 heteroatoms. The fourth-order valence-electron chi connectivity index (χ4n) is 2.04. The van der Waals surface area contributed by atoms with Gasteiger partial charge in [0.15, 0.2) is 0 Å². The highest BCUT2D eigenvalue weighted by molar-refractivity contribution is 5.82. The molecule has 20 heavy (non-hydrogen) atoms. The molecule has 1 unspecified atom stereocenters. The fourth-order valence-corrected chi connectivity index (χ4v) is 2.04. The largest absolute Gasteiger partial charge is 0.481 e. The molecule has 0 aliphatic carbocycles. The lowest BCUT2D eigenvalue weighted by atomic mass is 9.87. The number of rotatable bonds is 5. The quantitative estimate of drug-likeness (QED) is 0.749. The number of carbonyl (C=O) groups excluding carboxylic acids is 2. The first-order valence-electron chi connectivity index (χ1n) is 6.63. The molecule has 2 amide bonds. The third-order valence-corrected chi connectivity index (χ3v) is 3.67. The van der Waals surface area contributed by atoms with Gasteiger partial charge in [-0.25, -0.2) is 4.79 Å². The van der Waals surface area contributed by atoms with Crippen molar-refractivity contribution in [2.75, 3.05) is 26.7 Å². The number of carbonyl (C=O) groups is 3. The molecule has 114 valence electrons. The van der Waals surface area contributed by atoms with E-state index in [4.69, 9.17) is 5.11 Å². The molecule has 1 heterocycles. The minimum Gasteiger partial charge on any atom is -0.481 e. The Morgan fingerprint density at radius 3 is 2.25 bits per heavy atom. The van der Waals surface area contributed by atoms with Gasteiger partial charge in [0.05, 0.1) is 13.0 Å². The van der Waals surface area contributed by atoms with Gasteiger partial charge in [0.25, 0.3) is 0 Å². The Bertz CT molecular complexity index is 390. The van der Waals surface area contributed by atoms with Crippen molar-refractivity contribution in [3.05, 3.63) is 0 Å². The molecule has 0 aromatic carbocycles. The Balaban J connectivity index is 2.57. The molecule has 0 spiro atoms. The number of urea groups is 1. The van der Waals surface area contributed by atoms with Crippen LogP contribution >= 0.6 is 0 Å². The predicted octanol–water partition coefficient (Wildman–Crippen LogP) is 0.642. The number of hydrogen-bond donors (Lipinski definition) is 1. The highest BCUT2D eigenvalue weighted by Crippen LogP contribution is 2.25. The molecule has 0 radical (unpaired) electrons. The van der Waals surface area contributed by atoms with Gasteiger partial charge in [-0.2, -0.15) is 0 Å². The number of hydrogen-bond acceptors (Lipinski definition) is 4. The van der Waals surface area contributed by atoms with Crippen LogP contribution in [0, 0.1) is 11.8 Å². The number of carboxylic acid groups (broad SMARTS) is 1. The predicted molar refractivity (Wildman–Crippen MR) is 71.1 cm³/mol. The first-order chi connectivity index (χ1) is 9.27. The van der Waals surface area contributed by atoms with Crippen molar-refractivity contribution in [3.8, 4) is 0 Å². The van der Waals surface area contributed by atoms with E-state index >= 15 is 0 Å². The first kappa shape index (κ1) is 16.3. The molecule has 0 bridgehead atoms. The van der Waals surface area contributed by atoms with E-state index in [0.717, 1.165) is 0 Å². The smallest absolute Gasteiger partial charge is 0.325 e. The van der Waals surface area contributed by atoms with Gasteiger partial charge < -0.3 is 19.6 Å². The normalized spacial score (nSPS) is 16.6. The van der Waals surface area contributed by atoms with E-state index in [-0.39, 0.29) is 24.5 Å². The van der Waals surface area contributed by atoms with E-state index in [1.54, 1.807) is 11.8 Å². The third kappa shape index (κ3) is 3.61. The Morgan fingerprint density at radius 2 is 1.85 bits per heavy atom. The van der Waals surface area contributed by atoms with E-state index in [2.05, 4.69) is 4.74 Å². The highest BCUT2D eigenvalue weighted by atomic mass is 16.5. The molecule has 0 saturated carbocycles. The zero-order valence-electron chi connectivity index (χ0n) is 12.3. The van der Waals surface area contributed by atoms with Crippen molar-refractivity contribution in [1.29, 1.82) is 0 Å². The van der Waals surface area contributed by atoms with Gasteiger partial charge in [0.2, 0.25) is 0 Å². The molecule has 0 aromatic rings. The van der Waals surface area contributed by atoms with E-state index in [0.29, 0.717) is 13.1 Å². The Kier molecular flexibility index (Phi) is 5.35. The topological polar surface area (TPSA) is 87.2 Å². The van der Waals surface area contributed by atoms with E-state index in [9.17, 15) is 14.4 Å². The molecule has 1 saturated heterocycles. The van der Waals surface area contributed by atoms with Crippen molar-refractivity contribution in [2.45, 2.75) is 26.8 Å². The van der Waals surface area contributed by atoms with Gasteiger partial charge in [-0.1, -0.05) is 6.92 Å². The van der Waals surface area contributed by atoms with Crippen LogP contribution in [-0.4, -0.2) is 65.7 Å². The summed E-state index contributed by atoms with van der Waals surface area (Å²) in [5, 5.41) is 8.92. The van der Waals surface area contributed by atoms with Gasteiger partial charge in [0.1, 0.15) is 6.54 Å². The Morgan fingerprint density at radius 1 is 1.30 bits per heavy atom. The maximum Gasteiger partial charge on any atom is 0.325 e. The third-order valence-electron chi connectivity index (χ3n) is 3.67. The van der Waals surface area contributed by atoms with Crippen LogP contribution in [0.5, 0.6) is 0 Å². The van der Waals surface area contributed by atoms with Crippen LogP contribution < -0.4 is 0 Å². The van der Waals surface area contributed by atoms with Gasteiger partial charge in [0, 0.05) is 25.0 Å². The summed E-state index contributed by atoms with van der Waals surface area (Å²) in [6, 6.07) is -0.378. The first-order valence-corrected chi connectivity index (χ1v) is 6.63. The fraction of sp³-hybridized carbons (Fsp3) is 0.769. The minimum absolute atomic E-state index is 0.0245. The van der Waals surface area contributed by atoms with Crippen molar-refractivity contribution >= 4 is 18.0 Å². The molecule has 1 aliphatic heterocycles. The van der Waals surface area contributed by atoms with Crippen molar-refractivity contribution in [3.63, 3.8) is 0 Å². The molecule has 7 nitrogen and oxygen atoms in total. The number of ether oxygens (including phenoxy) is 1. The summed E-state index contributed by atoms with van der Waals surface area (Å²) in [7, 11) is 1.28. The lowest BCUT2D eigenvalue weighted by Gasteiger charge is -2.44.